The molecule has 1 aromatic rings. The fourth-order valence-electron chi connectivity index (χ4n) is 1.78. The van der Waals surface area contributed by atoms with Gasteiger partial charge in [-0.1, -0.05) is 19.1 Å². The van der Waals surface area contributed by atoms with Gasteiger partial charge in [0.2, 0.25) is 5.82 Å². The summed E-state index contributed by atoms with van der Waals surface area (Å²) in [5.41, 5.74) is 0.547. The average molecular weight is 252 g/mol. The van der Waals surface area contributed by atoms with E-state index < -0.39 is 0 Å². The molecule has 0 fully saturated rings. The average Bonchev–Trinajstić information content (AvgIpc) is 2.62. The summed E-state index contributed by atoms with van der Waals surface area (Å²) in [4.78, 5) is 10.7. The maximum atomic E-state index is 11.0. The Morgan fingerprint density at radius 2 is 2.28 bits per heavy atom. The minimum atomic E-state index is -0.369. The van der Waals surface area contributed by atoms with E-state index in [9.17, 15) is 10.1 Å². The Kier molecular flexibility index (Phi) is 5.35. The van der Waals surface area contributed by atoms with E-state index in [0.29, 0.717) is 24.6 Å². The summed E-state index contributed by atoms with van der Waals surface area (Å²) in [7, 11) is 0. The maximum Gasteiger partial charge on any atom is 0.333 e. The Hall–Kier alpha value is -1.85. The normalized spacial score (nSPS) is 11.1. The van der Waals surface area contributed by atoms with E-state index in [0.717, 1.165) is 12.8 Å². The third-order valence-electron chi connectivity index (χ3n) is 2.55. The molecule has 100 valence electrons. The Morgan fingerprint density at radius 1 is 1.56 bits per heavy atom. The molecule has 6 heteroatoms. The van der Waals surface area contributed by atoms with Gasteiger partial charge in [0.05, 0.1) is 4.92 Å². The van der Waals surface area contributed by atoms with Gasteiger partial charge in [-0.3, -0.25) is 10.1 Å². The van der Waals surface area contributed by atoms with Gasteiger partial charge >= 0.3 is 5.69 Å². The van der Waals surface area contributed by atoms with Gasteiger partial charge in [0.1, 0.15) is 5.69 Å². The van der Waals surface area contributed by atoms with E-state index in [1.807, 2.05) is 26.0 Å². The molecule has 1 heterocycles. The summed E-state index contributed by atoms with van der Waals surface area (Å²) >= 11 is 0. The Bertz CT molecular complexity index is 438. The zero-order chi connectivity index (χ0) is 13.5. The molecule has 0 radical (unpaired) electrons. The number of hydrogen-bond acceptors (Lipinski definition) is 4. The highest BCUT2D eigenvalue weighted by atomic mass is 16.6. The fraction of sp³-hybridized carbons (Fsp3) is 0.583. The molecule has 0 saturated heterocycles. The standard InChI is InChI=1S/C12H20N4O2/c1-4-6-7-8-13-12-11(16(17)18)10(3)14-15(12)9-5-2/h4,6,13H,5,7-9H2,1-3H3/b6-4+. The Labute approximate surface area is 107 Å². The van der Waals surface area contributed by atoms with Crippen LogP contribution < -0.4 is 5.32 Å². The second-order valence-corrected chi connectivity index (χ2v) is 4.05. The number of rotatable bonds is 7. The third-order valence-corrected chi connectivity index (χ3v) is 2.55. The van der Waals surface area contributed by atoms with Crippen molar-refractivity contribution < 1.29 is 4.92 Å². The number of aryl methyl sites for hydroxylation is 2. The van der Waals surface area contributed by atoms with Crippen molar-refractivity contribution in [2.24, 2.45) is 0 Å². The van der Waals surface area contributed by atoms with Crippen molar-refractivity contribution in [2.45, 2.75) is 40.2 Å². The van der Waals surface area contributed by atoms with Crippen LogP contribution in [-0.2, 0) is 6.54 Å². The largest absolute Gasteiger partial charge is 0.364 e. The van der Waals surface area contributed by atoms with E-state index in [1.165, 1.54) is 0 Å². The molecular weight excluding hydrogens is 232 g/mol. The van der Waals surface area contributed by atoms with Crippen LogP contribution in [-0.4, -0.2) is 21.2 Å². The molecule has 0 aromatic carbocycles. The number of allylic oxidation sites excluding steroid dienone is 1. The summed E-state index contributed by atoms with van der Waals surface area (Å²) in [5, 5.41) is 18.4. The lowest BCUT2D eigenvalue weighted by Crippen LogP contribution is -2.10. The van der Waals surface area contributed by atoms with Crippen LogP contribution in [0.25, 0.3) is 0 Å². The van der Waals surface area contributed by atoms with Crippen molar-refractivity contribution >= 4 is 11.5 Å². The minimum absolute atomic E-state index is 0.0870. The number of anilines is 1. The van der Waals surface area contributed by atoms with E-state index in [1.54, 1.807) is 11.6 Å². The molecule has 1 rings (SSSR count). The van der Waals surface area contributed by atoms with Crippen molar-refractivity contribution in [3.05, 3.63) is 28.0 Å². The van der Waals surface area contributed by atoms with Crippen LogP contribution in [0.2, 0.25) is 0 Å². The van der Waals surface area contributed by atoms with Gasteiger partial charge in [0.25, 0.3) is 0 Å². The van der Waals surface area contributed by atoms with Gasteiger partial charge in [0.15, 0.2) is 0 Å². The number of aromatic nitrogens is 2. The summed E-state index contributed by atoms with van der Waals surface area (Å²) in [6.45, 7) is 6.99. The molecule has 0 bridgehead atoms. The summed E-state index contributed by atoms with van der Waals surface area (Å²) in [5.74, 6) is 0.517. The number of nitrogens with one attached hydrogen (secondary N) is 1. The number of nitro groups is 1. The zero-order valence-electron chi connectivity index (χ0n) is 11.1. The van der Waals surface area contributed by atoms with E-state index in [-0.39, 0.29) is 10.6 Å². The summed E-state index contributed by atoms with van der Waals surface area (Å²) < 4.78 is 1.68. The highest BCUT2D eigenvalue weighted by Gasteiger charge is 2.24. The lowest BCUT2D eigenvalue weighted by molar-refractivity contribution is -0.384. The molecule has 1 N–H and O–H groups in total. The van der Waals surface area contributed by atoms with Gasteiger partial charge in [-0.25, -0.2) is 4.68 Å². The molecule has 6 nitrogen and oxygen atoms in total. The summed E-state index contributed by atoms with van der Waals surface area (Å²) in [6, 6.07) is 0. The van der Waals surface area contributed by atoms with Crippen molar-refractivity contribution in [1.29, 1.82) is 0 Å². The molecule has 0 aliphatic carbocycles. The minimum Gasteiger partial charge on any atom is -0.364 e. The Balaban J connectivity index is 2.92. The molecule has 0 atom stereocenters. The van der Waals surface area contributed by atoms with Crippen LogP contribution in [0.4, 0.5) is 11.5 Å². The highest BCUT2D eigenvalue weighted by molar-refractivity contribution is 5.59. The maximum absolute atomic E-state index is 11.0. The van der Waals surface area contributed by atoms with Crippen molar-refractivity contribution in [3.63, 3.8) is 0 Å². The van der Waals surface area contributed by atoms with Crippen molar-refractivity contribution in [3.8, 4) is 0 Å². The first-order chi connectivity index (χ1) is 8.61. The lowest BCUT2D eigenvalue weighted by atomic mass is 10.3. The summed E-state index contributed by atoms with van der Waals surface area (Å²) in [6.07, 6.45) is 5.71. The van der Waals surface area contributed by atoms with Crippen LogP contribution in [0.1, 0.15) is 32.4 Å². The first-order valence-corrected chi connectivity index (χ1v) is 6.18. The van der Waals surface area contributed by atoms with Crippen LogP contribution in [0, 0.1) is 17.0 Å². The monoisotopic (exact) mass is 252 g/mol. The molecule has 0 spiro atoms. The molecule has 0 saturated carbocycles. The van der Waals surface area contributed by atoms with Gasteiger partial charge in [-0.05, 0) is 26.7 Å². The molecular formula is C12H20N4O2. The van der Waals surface area contributed by atoms with E-state index in [2.05, 4.69) is 10.4 Å². The molecule has 1 aromatic heterocycles. The lowest BCUT2D eigenvalue weighted by Gasteiger charge is -2.07. The molecule has 0 amide bonds. The predicted molar refractivity (Wildman–Crippen MR) is 71.8 cm³/mol. The van der Waals surface area contributed by atoms with Crippen LogP contribution in [0.15, 0.2) is 12.2 Å². The SMILES string of the molecule is C/C=C/CCNc1c([N+](=O)[O-])c(C)nn1CCC. The molecule has 0 unspecified atom stereocenters. The van der Waals surface area contributed by atoms with Crippen LogP contribution in [0.3, 0.4) is 0 Å². The van der Waals surface area contributed by atoms with Crippen molar-refractivity contribution in [1.82, 2.24) is 9.78 Å². The third kappa shape index (κ3) is 3.32. The van der Waals surface area contributed by atoms with Gasteiger partial charge in [0, 0.05) is 13.1 Å². The van der Waals surface area contributed by atoms with E-state index >= 15 is 0 Å². The first kappa shape index (κ1) is 14.2. The predicted octanol–water partition coefficient (Wildman–Crippen LogP) is 2.89. The second-order valence-electron chi connectivity index (χ2n) is 4.05. The second kappa shape index (κ2) is 6.78. The molecule has 0 aliphatic heterocycles. The van der Waals surface area contributed by atoms with Gasteiger partial charge in [-0.15, -0.1) is 0 Å². The highest BCUT2D eigenvalue weighted by Crippen LogP contribution is 2.28. The topological polar surface area (TPSA) is 73.0 Å². The quantitative estimate of drug-likeness (QED) is 0.350. The first-order valence-electron chi connectivity index (χ1n) is 6.18. The van der Waals surface area contributed by atoms with Gasteiger partial charge < -0.3 is 5.32 Å². The fourth-order valence-corrected chi connectivity index (χ4v) is 1.78. The van der Waals surface area contributed by atoms with E-state index in [4.69, 9.17) is 0 Å². The number of hydrogen-bond donors (Lipinski definition) is 1. The van der Waals surface area contributed by atoms with Crippen LogP contribution in [0.5, 0.6) is 0 Å². The molecule has 0 aliphatic rings. The molecule has 18 heavy (non-hydrogen) atoms. The smallest absolute Gasteiger partial charge is 0.333 e. The zero-order valence-corrected chi connectivity index (χ0v) is 11.1. The van der Waals surface area contributed by atoms with Crippen molar-refractivity contribution in [2.75, 3.05) is 11.9 Å². The number of nitrogens with zero attached hydrogens (tertiary/aromatic N) is 3. The Morgan fingerprint density at radius 3 is 2.83 bits per heavy atom. The van der Waals surface area contributed by atoms with Crippen LogP contribution >= 0.6 is 0 Å². The van der Waals surface area contributed by atoms with Gasteiger partial charge in [-0.2, -0.15) is 5.10 Å².